The Morgan fingerprint density at radius 2 is 1.80 bits per heavy atom. The fourth-order valence-corrected chi connectivity index (χ4v) is 8.59. The van der Waals surface area contributed by atoms with E-state index >= 15 is 4.79 Å². The van der Waals surface area contributed by atoms with Crippen molar-refractivity contribution in [2.24, 2.45) is 0 Å². The molecule has 12 heteroatoms. The molecule has 10 nitrogen and oxygen atoms in total. The van der Waals surface area contributed by atoms with Crippen LogP contribution in [0.5, 0.6) is 5.75 Å². The zero-order valence-electron chi connectivity index (χ0n) is 26.0. The van der Waals surface area contributed by atoms with Gasteiger partial charge in [-0.25, -0.2) is 4.98 Å². The van der Waals surface area contributed by atoms with Gasteiger partial charge in [0.25, 0.3) is 15.9 Å². The van der Waals surface area contributed by atoms with Crippen molar-refractivity contribution in [1.29, 1.82) is 0 Å². The highest BCUT2D eigenvalue weighted by molar-refractivity contribution is 7.93. The maximum absolute atomic E-state index is 15.3. The summed E-state index contributed by atoms with van der Waals surface area (Å²) in [5.41, 5.74) is 1.06. The van der Waals surface area contributed by atoms with E-state index in [9.17, 15) is 13.2 Å². The number of amides is 2. The van der Waals surface area contributed by atoms with Crippen LogP contribution in [-0.2, 0) is 31.7 Å². The lowest BCUT2D eigenvalue weighted by molar-refractivity contribution is -0.138. The fourth-order valence-electron chi connectivity index (χ4n) is 7.03. The monoisotopic (exact) mass is 651 g/mol. The lowest BCUT2D eigenvalue weighted by Gasteiger charge is -2.42. The number of likely N-dealkylation sites (tertiary alicyclic amines) is 2. The molecule has 3 aromatic rings. The summed E-state index contributed by atoms with van der Waals surface area (Å²) in [6.45, 7) is 4.94. The van der Waals surface area contributed by atoms with Crippen LogP contribution in [0.1, 0.15) is 47.9 Å². The third-order valence-electron chi connectivity index (χ3n) is 9.12. The molecule has 3 aliphatic rings. The Hall–Kier alpha value is -3.51. The molecule has 238 valence electrons. The zero-order valence-corrected chi connectivity index (χ0v) is 27.6. The number of methoxy groups -OCH3 is 1. The number of rotatable bonds is 8. The molecular formula is C33H38ClN5O5S. The molecule has 1 unspecified atom stereocenters. The Morgan fingerprint density at radius 3 is 2.47 bits per heavy atom. The van der Waals surface area contributed by atoms with Gasteiger partial charge in [0.15, 0.2) is 10.6 Å². The van der Waals surface area contributed by atoms with E-state index in [0.717, 1.165) is 47.9 Å². The number of aromatic nitrogens is 1. The molecular weight excluding hydrogens is 614 g/mol. The average molecular weight is 652 g/mol. The van der Waals surface area contributed by atoms with Gasteiger partial charge in [0, 0.05) is 49.5 Å². The van der Waals surface area contributed by atoms with Crippen LogP contribution in [0.3, 0.4) is 0 Å². The summed E-state index contributed by atoms with van der Waals surface area (Å²) >= 11 is 6.61. The van der Waals surface area contributed by atoms with Crippen LogP contribution in [0.15, 0.2) is 59.8 Å². The molecule has 0 radical (unpaired) electrons. The number of hydrogen-bond acceptors (Lipinski definition) is 8. The second kappa shape index (κ2) is 12.0. The van der Waals surface area contributed by atoms with E-state index in [0.29, 0.717) is 41.3 Å². The molecule has 0 bridgehead atoms. The van der Waals surface area contributed by atoms with E-state index in [1.54, 1.807) is 45.5 Å². The van der Waals surface area contributed by atoms with Gasteiger partial charge in [-0.1, -0.05) is 29.8 Å². The van der Waals surface area contributed by atoms with Crippen molar-refractivity contribution < 1.29 is 22.7 Å². The molecule has 2 aromatic carbocycles. The van der Waals surface area contributed by atoms with E-state index in [-0.39, 0.29) is 16.6 Å². The molecule has 2 atom stereocenters. The molecule has 2 amide bonds. The molecule has 0 N–H and O–H groups in total. The number of fused-ring (bicyclic) bond motifs is 1. The first-order valence-electron chi connectivity index (χ1n) is 15.2. The van der Waals surface area contributed by atoms with Gasteiger partial charge in [-0.2, -0.15) is 12.7 Å². The minimum absolute atomic E-state index is 0.165. The van der Waals surface area contributed by atoms with E-state index in [4.69, 9.17) is 16.3 Å². The predicted octanol–water partition coefficient (Wildman–Crippen LogP) is 4.18. The van der Waals surface area contributed by atoms with Gasteiger partial charge in [0.1, 0.15) is 5.75 Å². The van der Waals surface area contributed by atoms with Gasteiger partial charge in [0.2, 0.25) is 5.91 Å². The lowest BCUT2D eigenvalue weighted by atomic mass is 9.80. The average Bonchev–Trinajstić information content (AvgIpc) is 3.76. The van der Waals surface area contributed by atoms with Gasteiger partial charge in [0.05, 0.1) is 18.8 Å². The second-order valence-electron chi connectivity index (χ2n) is 12.2. The maximum Gasteiger partial charge on any atom is 0.288 e. The number of benzene rings is 2. The van der Waals surface area contributed by atoms with Crippen LogP contribution in [0.25, 0.3) is 0 Å². The Labute approximate surface area is 269 Å². The van der Waals surface area contributed by atoms with Gasteiger partial charge in [-0.05, 0) is 87.2 Å². The Bertz CT molecular complexity index is 1740. The Balaban J connectivity index is 1.61. The largest absolute Gasteiger partial charge is 0.496 e. The fraction of sp³-hybridized carbons (Fsp3) is 0.424. The Morgan fingerprint density at radius 1 is 1.04 bits per heavy atom. The van der Waals surface area contributed by atoms with Crippen LogP contribution in [0.2, 0.25) is 5.02 Å². The van der Waals surface area contributed by atoms with Gasteiger partial charge in [-0.15, -0.1) is 0 Å². The molecule has 1 aromatic heterocycles. The molecule has 2 fully saturated rings. The number of sulfonamides is 1. The van der Waals surface area contributed by atoms with E-state index < -0.39 is 27.5 Å². The molecule has 6 rings (SSSR count). The third kappa shape index (κ3) is 5.19. The molecule has 45 heavy (non-hydrogen) atoms. The predicted molar refractivity (Wildman–Crippen MR) is 172 cm³/mol. The number of pyridine rings is 1. The highest BCUT2D eigenvalue weighted by atomic mass is 35.5. The Kier molecular flexibility index (Phi) is 8.40. The standard InChI is InChI=1S/C33H38ClN5O5S/c1-22-9-14-30(35-20-22)45(42,43)39-27-13-11-24(34)19-26(27)33(32(39)41,38-17-7-8-28(38)31(40)36(2)3)25-12-10-23(18-29(25)44-4)21-37-15-5-6-16-37/h9-14,18-20,28H,5-8,15-17,21H2,1-4H3/t28-,33?/m0/s1. The van der Waals surface area contributed by atoms with Crippen molar-refractivity contribution >= 4 is 39.1 Å². The number of halogens is 1. The quantitative estimate of drug-likeness (QED) is 0.358. The molecule has 4 heterocycles. The number of carbonyl (C=O) groups is 2. The zero-order chi connectivity index (χ0) is 32.1. The minimum Gasteiger partial charge on any atom is -0.496 e. The van der Waals surface area contributed by atoms with Crippen LogP contribution in [0.4, 0.5) is 5.69 Å². The molecule has 0 saturated carbocycles. The second-order valence-corrected chi connectivity index (χ2v) is 14.4. The topological polar surface area (TPSA) is 103 Å². The number of hydrogen-bond donors (Lipinski definition) is 0. The van der Waals surface area contributed by atoms with Crippen molar-refractivity contribution in [3.63, 3.8) is 0 Å². The minimum atomic E-state index is -4.48. The first-order chi connectivity index (χ1) is 21.5. The molecule has 0 aliphatic carbocycles. The molecule has 0 spiro atoms. The highest BCUT2D eigenvalue weighted by Gasteiger charge is 2.63. The maximum atomic E-state index is 15.3. The summed E-state index contributed by atoms with van der Waals surface area (Å²) in [7, 11) is 0.428. The number of nitrogens with zero attached hydrogens (tertiary/aromatic N) is 5. The van der Waals surface area contributed by atoms with Crippen molar-refractivity contribution in [2.45, 2.75) is 55.8 Å². The first-order valence-corrected chi connectivity index (χ1v) is 17.0. The summed E-state index contributed by atoms with van der Waals surface area (Å²) in [5.74, 6) is -0.470. The number of anilines is 1. The van der Waals surface area contributed by atoms with E-state index in [2.05, 4.69) is 9.88 Å². The van der Waals surface area contributed by atoms with Crippen molar-refractivity contribution in [3.05, 3.63) is 82.0 Å². The smallest absolute Gasteiger partial charge is 0.288 e. The van der Waals surface area contributed by atoms with Crippen molar-refractivity contribution in [2.75, 3.05) is 45.1 Å². The van der Waals surface area contributed by atoms with Gasteiger partial charge < -0.3 is 9.64 Å². The highest BCUT2D eigenvalue weighted by Crippen LogP contribution is 2.55. The summed E-state index contributed by atoms with van der Waals surface area (Å²) in [4.78, 5) is 38.9. The molecule has 3 aliphatic heterocycles. The number of likely N-dealkylation sites (N-methyl/N-ethyl adjacent to an activating group) is 1. The van der Waals surface area contributed by atoms with Crippen molar-refractivity contribution in [3.8, 4) is 5.75 Å². The number of ether oxygens (including phenoxy) is 1. The van der Waals surface area contributed by atoms with Crippen LogP contribution in [-0.4, -0.2) is 86.8 Å². The third-order valence-corrected chi connectivity index (χ3v) is 11.0. The van der Waals surface area contributed by atoms with Crippen LogP contribution in [0, 0.1) is 6.92 Å². The molecule has 2 saturated heterocycles. The van der Waals surface area contributed by atoms with E-state index in [1.165, 1.54) is 17.2 Å². The summed E-state index contributed by atoms with van der Waals surface area (Å²) in [5, 5.41) is 0.0753. The normalized spacial score (nSPS) is 22.2. The first kappa shape index (κ1) is 31.5. The van der Waals surface area contributed by atoms with Crippen molar-refractivity contribution in [1.82, 2.24) is 19.7 Å². The van der Waals surface area contributed by atoms with Gasteiger partial charge >= 0.3 is 0 Å². The summed E-state index contributed by atoms with van der Waals surface area (Å²) in [6, 6.07) is 12.8. The van der Waals surface area contributed by atoms with Crippen LogP contribution >= 0.6 is 11.6 Å². The van der Waals surface area contributed by atoms with E-state index in [1.807, 2.05) is 30.0 Å². The van der Waals surface area contributed by atoms with Crippen LogP contribution < -0.4 is 9.04 Å². The lowest BCUT2D eigenvalue weighted by Crippen LogP contribution is -2.59. The number of aryl methyl sites for hydroxylation is 1. The SMILES string of the molecule is COc1cc(CN2CCCC2)ccc1C1(N2CCC[C@H]2C(=O)N(C)C)C(=O)N(S(=O)(=O)c2ccc(C)cn2)c2ccc(Cl)cc21. The summed E-state index contributed by atoms with van der Waals surface area (Å²) < 4.78 is 35.5. The summed E-state index contributed by atoms with van der Waals surface area (Å²) in [6.07, 6.45) is 4.90. The number of carbonyl (C=O) groups excluding carboxylic acids is 2. The van der Waals surface area contributed by atoms with Gasteiger partial charge in [-0.3, -0.25) is 19.4 Å².